The van der Waals surface area contributed by atoms with Gasteiger partial charge >= 0.3 is 5.97 Å². The van der Waals surface area contributed by atoms with Gasteiger partial charge in [0.05, 0.1) is 12.2 Å². The summed E-state index contributed by atoms with van der Waals surface area (Å²) < 4.78 is 13.1. The normalized spacial score (nSPS) is 14.8. The Morgan fingerprint density at radius 3 is 2.68 bits per heavy atom. The Morgan fingerprint density at radius 2 is 1.97 bits per heavy atom. The third-order valence-electron chi connectivity index (χ3n) is 5.36. The number of ether oxygens (including phenoxy) is 2. The molecule has 0 spiro atoms. The number of aromatic nitrogens is 3. The number of hydrogen-bond donors (Lipinski definition) is 1. The zero-order valence-electron chi connectivity index (χ0n) is 19.4. The van der Waals surface area contributed by atoms with E-state index in [-0.39, 0.29) is 6.61 Å². The van der Waals surface area contributed by atoms with Gasteiger partial charge in [0.15, 0.2) is 0 Å². The highest BCUT2D eigenvalue weighted by molar-refractivity contribution is 7.99. The number of esters is 1. The van der Waals surface area contributed by atoms with E-state index >= 15 is 0 Å². The van der Waals surface area contributed by atoms with Crippen molar-refractivity contribution < 1.29 is 14.3 Å². The summed E-state index contributed by atoms with van der Waals surface area (Å²) in [6.07, 6.45) is 2.38. The lowest BCUT2D eigenvalue weighted by Crippen LogP contribution is -2.29. The average Bonchev–Trinajstić information content (AvgIpc) is 3.25. The molecule has 3 aromatic rings. The van der Waals surface area contributed by atoms with Crippen molar-refractivity contribution >= 4 is 23.7 Å². The number of fused-ring (bicyclic) bond motifs is 1. The van der Waals surface area contributed by atoms with Crippen LogP contribution in [0.15, 0.2) is 83.7 Å². The van der Waals surface area contributed by atoms with Gasteiger partial charge in [-0.05, 0) is 35.9 Å². The van der Waals surface area contributed by atoms with Crippen LogP contribution in [0.2, 0.25) is 0 Å². The first-order chi connectivity index (χ1) is 16.6. The first-order valence-electron chi connectivity index (χ1n) is 11.2. The molecule has 1 aliphatic heterocycles. The minimum Gasteiger partial charge on any atom is -0.493 e. The van der Waals surface area contributed by atoms with Crippen LogP contribution in [0.5, 0.6) is 5.75 Å². The lowest BCUT2D eigenvalue weighted by molar-refractivity contribution is -0.138. The summed E-state index contributed by atoms with van der Waals surface area (Å²) in [5.41, 5.74) is 3.30. The zero-order valence-corrected chi connectivity index (χ0v) is 20.2. The van der Waals surface area contributed by atoms with Crippen LogP contribution < -0.4 is 10.1 Å². The van der Waals surface area contributed by atoms with Crippen molar-refractivity contribution in [3.05, 3.63) is 89.6 Å². The number of carbonyl (C=O) groups is 1. The Kier molecular flexibility index (Phi) is 7.69. The fraction of sp³-hybridized carbons (Fsp3) is 0.269. The van der Waals surface area contributed by atoms with E-state index in [2.05, 4.69) is 34.1 Å². The van der Waals surface area contributed by atoms with Gasteiger partial charge < -0.3 is 14.8 Å². The van der Waals surface area contributed by atoms with Gasteiger partial charge in [-0.3, -0.25) is 0 Å². The van der Waals surface area contributed by atoms with Crippen molar-refractivity contribution in [2.45, 2.75) is 31.5 Å². The number of thioether (sulfide) groups is 1. The number of carbonyl (C=O) groups excluding carboxylic acids is 1. The number of hydrogen-bond acceptors (Lipinski definition) is 7. The minimum atomic E-state index is -0.467. The standard InChI is InChI=1S/C26H28N4O3S/c1-4-16-33-24(31)22-18(3)27-25-28-26(34-5-2)29-30(25)23(22)20-11-13-21(14-12-20)32-17-15-19-9-7-6-8-10-19/h4,6-14,23H,1,5,15-17H2,2-3H3,(H,27,28,29). The molecule has 0 saturated carbocycles. The number of allylic oxidation sites excluding steroid dienone is 1. The van der Waals surface area contributed by atoms with E-state index in [0.717, 1.165) is 23.5 Å². The monoisotopic (exact) mass is 476 g/mol. The molecule has 1 aromatic heterocycles. The molecule has 0 bridgehead atoms. The van der Waals surface area contributed by atoms with Crippen LogP contribution in [0, 0.1) is 0 Å². The molecule has 2 aromatic carbocycles. The second-order valence-corrected chi connectivity index (χ2v) is 8.93. The maximum atomic E-state index is 13.0. The van der Waals surface area contributed by atoms with Crippen molar-refractivity contribution in [2.24, 2.45) is 0 Å². The molecule has 2 heterocycles. The molecular formula is C26H28N4O3S. The lowest BCUT2D eigenvalue weighted by Gasteiger charge is -2.28. The van der Waals surface area contributed by atoms with Gasteiger partial charge in [0.25, 0.3) is 0 Å². The summed E-state index contributed by atoms with van der Waals surface area (Å²) in [6.45, 7) is 8.25. The van der Waals surface area contributed by atoms with Crippen LogP contribution in [-0.2, 0) is 16.0 Å². The van der Waals surface area contributed by atoms with E-state index in [1.807, 2.05) is 56.3 Å². The summed E-state index contributed by atoms with van der Waals surface area (Å²) in [5, 5.41) is 8.53. The SMILES string of the molecule is C=CCOC(=O)C1=C(C)Nc2nc(SCC)nn2C1c1ccc(OCCc2ccccc2)cc1. The highest BCUT2D eigenvalue weighted by Gasteiger charge is 2.35. The van der Waals surface area contributed by atoms with E-state index in [1.54, 1.807) is 22.5 Å². The second kappa shape index (κ2) is 11.1. The molecule has 0 fully saturated rings. The molecule has 0 amide bonds. The third-order valence-corrected chi connectivity index (χ3v) is 6.08. The van der Waals surface area contributed by atoms with Crippen molar-refractivity contribution in [2.75, 3.05) is 24.3 Å². The molecule has 7 nitrogen and oxygen atoms in total. The first-order valence-corrected chi connectivity index (χ1v) is 12.2. The summed E-state index contributed by atoms with van der Waals surface area (Å²) in [7, 11) is 0. The van der Waals surface area contributed by atoms with Gasteiger partial charge in [-0.15, -0.1) is 5.10 Å². The smallest absolute Gasteiger partial charge is 0.338 e. The highest BCUT2D eigenvalue weighted by atomic mass is 32.2. The molecule has 176 valence electrons. The minimum absolute atomic E-state index is 0.137. The van der Waals surface area contributed by atoms with Gasteiger partial charge in [0, 0.05) is 12.1 Å². The molecular weight excluding hydrogens is 448 g/mol. The fourth-order valence-electron chi connectivity index (χ4n) is 3.78. The number of nitrogens with one attached hydrogen (secondary N) is 1. The van der Waals surface area contributed by atoms with Gasteiger partial charge in [0.1, 0.15) is 18.4 Å². The van der Waals surface area contributed by atoms with Crippen molar-refractivity contribution in [3.8, 4) is 5.75 Å². The topological polar surface area (TPSA) is 78.3 Å². The maximum Gasteiger partial charge on any atom is 0.338 e. The van der Waals surface area contributed by atoms with Crippen LogP contribution in [0.4, 0.5) is 5.95 Å². The van der Waals surface area contributed by atoms with Crippen LogP contribution in [-0.4, -0.2) is 39.7 Å². The van der Waals surface area contributed by atoms with Crippen molar-refractivity contribution in [1.82, 2.24) is 14.8 Å². The molecule has 0 radical (unpaired) electrons. The van der Waals surface area contributed by atoms with Crippen LogP contribution in [0.3, 0.4) is 0 Å². The van der Waals surface area contributed by atoms with Crippen LogP contribution in [0.1, 0.15) is 31.0 Å². The number of anilines is 1. The summed E-state index contributed by atoms with van der Waals surface area (Å²) >= 11 is 1.55. The van der Waals surface area contributed by atoms with Gasteiger partial charge in [-0.2, -0.15) is 4.98 Å². The van der Waals surface area contributed by atoms with Gasteiger partial charge in [0.2, 0.25) is 11.1 Å². The Morgan fingerprint density at radius 1 is 1.21 bits per heavy atom. The zero-order chi connectivity index (χ0) is 23.9. The molecule has 8 heteroatoms. The Bertz CT molecular complexity index is 1170. The van der Waals surface area contributed by atoms with Crippen molar-refractivity contribution in [3.63, 3.8) is 0 Å². The molecule has 0 aliphatic carbocycles. The number of rotatable bonds is 10. The molecule has 34 heavy (non-hydrogen) atoms. The van der Waals surface area contributed by atoms with Gasteiger partial charge in [-0.1, -0.05) is 73.8 Å². The number of benzene rings is 2. The fourth-order valence-corrected chi connectivity index (χ4v) is 4.34. The van der Waals surface area contributed by atoms with E-state index in [4.69, 9.17) is 9.47 Å². The summed E-state index contributed by atoms with van der Waals surface area (Å²) in [6, 6.07) is 17.5. The maximum absolute atomic E-state index is 13.0. The van der Waals surface area contributed by atoms with E-state index in [1.165, 1.54) is 5.56 Å². The molecule has 0 saturated heterocycles. The third kappa shape index (κ3) is 5.34. The molecule has 4 rings (SSSR count). The molecule has 1 atom stereocenters. The van der Waals surface area contributed by atoms with Crippen LogP contribution in [0.25, 0.3) is 0 Å². The predicted molar refractivity (Wildman–Crippen MR) is 134 cm³/mol. The Labute approximate surface area is 203 Å². The molecule has 1 aliphatic rings. The van der Waals surface area contributed by atoms with E-state index in [9.17, 15) is 4.79 Å². The highest BCUT2D eigenvalue weighted by Crippen LogP contribution is 2.37. The Hall–Kier alpha value is -3.52. The van der Waals surface area contributed by atoms with Crippen molar-refractivity contribution in [1.29, 1.82) is 0 Å². The quantitative estimate of drug-likeness (QED) is 0.250. The Balaban J connectivity index is 1.58. The lowest BCUT2D eigenvalue weighted by atomic mass is 9.96. The van der Waals surface area contributed by atoms with E-state index in [0.29, 0.717) is 29.0 Å². The molecule has 1 unspecified atom stereocenters. The second-order valence-electron chi connectivity index (χ2n) is 7.70. The average molecular weight is 477 g/mol. The first kappa shape index (κ1) is 23.6. The number of nitrogens with zero attached hydrogens (tertiary/aromatic N) is 3. The largest absolute Gasteiger partial charge is 0.493 e. The molecule has 1 N–H and O–H groups in total. The van der Waals surface area contributed by atoms with Gasteiger partial charge in [-0.25, -0.2) is 9.48 Å². The summed E-state index contributed by atoms with van der Waals surface area (Å²) in [4.78, 5) is 17.6. The van der Waals surface area contributed by atoms with E-state index < -0.39 is 12.0 Å². The summed E-state index contributed by atoms with van der Waals surface area (Å²) in [5.74, 6) is 1.81. The van der Waals surface area contributed by atoms with Crippen LogP contribution >= 0.6 is 11.8 Å². The predicted octanol–water partition coefficient (Wildman–Crippen LogP) is 5.03.